The average molecular weight is 523 g/mol. The summed E-state index contributed by atoms with van der Waals surface area (Å²) in [5.74, 6) is 3.69. The summed E-state index contributed by atoms with van der Waals surface area (Å²) in [5.41, 5.74) is 5.13. The molecule has 0 bridgehead atoms. The number of phenols is 2. The Morgan fingerprint density at radius 3 is 1.70 bits per heavy atom. The second-order valence-electron chi connectivity index (χ2n) is 10.6. The highest BCUT2D eigenvalue weighted by molar-refractivity contribution is 6.00. The van der Waals surface area contributed by atoms with E-state index in [-0.39, 0.29) is 5.75 Å². The first-order chi connectivity index (χ1) is 19.5. The number of aryl methyl sites for hydroxylation is 2. The van der Waals surface area contributed by atoms with Crippen LogP contribution in [0.3, 0.4) is 0 Å². The Labute approximate surface area is 231 Å². The molecule has 0 amide bonds. The maximum atomic E-state index is 10.7. The SMILES string of the molecule is CCc1c(O)ccc2c3c(ccc12)C1(c2ccccc2Oc2ccccc21)c1ccc2c(C)c(O)ccc2c1O3. The number of benzene rings is 6. The van der Waals surface area contributed by atoms with Gasteiger partial charge in [0.2, 0.25) is 0 Å². The quantitative estimate of drug-likeness (QED) is 0.226. The van der Waals surface area contributed by atoms with E-state index in [1.165, 1.54) is 0 Å². The molecule has 4 nitrogen and oxygen atoms in total. The highest BCUT2D eigenvalue weighted by atomic mass is 16.5. The Kier molecular flexibility index (Phi) is 4.61. The van der Waals surface area contributed by atoms with Gasteiger partial charge < -0.3 is 19.7 Å². The van der Waals surface area contributed by atoms with Gasteiger partial charge in [-0.25, -0.2) is 0 Å². The lowest BCUT2D eigenvalue weighted by Crippen LogP contribution is -2.37. The molecule has 0 aromatic heterocycles. The van der Waals surface area contributed by atoms with Crippen LogP contribution in [0.4, 0.5) is 0 Å². The number of para-hydroxylation sites is 2. The Hall–Kier alpha value is -4.96. The van der Waals surface area contributed by atoms with E-state index in [4.69, 9.17) is 9.47 Å². The number of ether oxygens (including phenoxy) is 2. The van der Waals surface area contributed by atoms with Gasteiger partial charge in [-0.2, -0.15) is 0 Å². The summed E-state index contributed by atoms with van der Waals surface area (Å²) in [6.45, 7) is 3.99. The molecule has 6 aromatic rings. The Morgan fingerprint density at radius 2 is 1.07 bits per heavy atom. The Balaban J connectivity index is 1.61. The normalized spacial score (nSPS) is 14.2. The van der Waals surface area contributed by atoms with Crippen LogP contribution in [0.15, 0.2) is 97.1 Å². The van der Waals surface area contributed by atoms with Gasteiger partial charge in [0.1, 0.15) is 34.5 Å². The molecule has 0 radical (unpaired) electrons. The Morgan fingerprint density at radius 1 is 0.550 bits per heavy atom. The summed E-state index contributed by atoms with van der Waals surface area (Å²) in [4.78, 5) is 0. The largest absolute Gasteiger partial charge is 0.508 e. The minimum atomic E-state index is -0.715. The van der Waals surface area contributed by atoms with Crippen LogP contribution in [0.1, 0.15) is 40.3 Å². The van der Waals surface area contributed by atoms with Gasteiger partial charge in [-0.3, -0.25) is 0 Å². The maximum Gasteiger partial charge on any atom is 0.140 e. The highest BCUT2D eigenvalue weighted by Gasteiger charge is 2.51. The van der Waals surface area contributed by atoms with Crippen molar-refractivity contribution in [1.82, 2.24) is 0 Å². The Bertz CT molecular complexity index is 1990. The first-order valence-corrected chi connectivity index (χ1v) is 13.6. The number of aromatic hydroxyl groups is 2. The van der Waals surface area contributed by atoms with Crippen LogP contribution >= 0.6 is 0 Å². The molecule has 0 saturated carbocycles. The highest BCUT2D eigenvalue weighted by Crippen LogP contribution is 2.63. The zero-order chi connectivity index (χ0) is 27.2. The second kappa shape index (κ2) is 8.03. The number of fused-ring (bicyclic) bond motifs is 12. The predicted octanol–water partition coefficient (Wildman–Crippen LogP) is 8.87. The molecule has 2 heterocycles. The van der Waals surface area contributed by atoms with E-state index in [0.29, 0.717) is 12.2 Å². The molecule has 4 heteroatoms. The fourth-order valence-corrected chi connectivity index (χ4v) is 6.95. The van der Waals surface area contributed by atoms with Crippen molar-refractivity contribution in [1.29, 1.82) is 0 Å². The molecule has 2 aliphatic rings. The zero-order valence-corrected chi connectivity index (χ0v) is 22.2. The average Bonchev–Trinajstić information content (AvgIpc) is 2.98. The summed E-state index contributed by atoms with van der Waals surface area (Å²) in [6, 6.07) is 32.4. The number of phenolic OH excluding ortho intramolecular Hbond substituents is 2. The van der Waals surface area contributed by atoms with Crippen LogP contribution < -0.4 is 9.47 Å². The van der Waals surface area contributed by atoms with Crippen molar-refractivity contribution in [2.45, 2.75) is 25.7 Å². The van der Waals surface area contributed by atoms with E-state index in [9.17, 15) is 10.2 Å². The zero-order valence-electron chi connectivity index (χ0n) is 22.2. The first kappa shape index (κ1) is 23.0. The van der Waals surface area contributed by atoms with Crippen molar-refractivity contribution in [3.05, 3.63) is 130 Å². The summed E-state index contributed by atoms with van der Waals surface area (Å²) in [6.07, 6.45) is 0.699. The van der Waals surface area contributed by atoms with Gasteiger partial charge in [0.15, 0.2) is 0 Å². The molecular weight excluding hydrogens is 496 g/mol. The monoisotopic (exact) mass is 522 g/mol. The van der Waals surface area contributed by atoms with Crippen molar-refractivity contribution < 1.29 is 19.7 Å². The third kappa shape index (κ3) is 2.75. The fourth-order valence-electron chi connectivity index (χ4n) is 6.95. The molecule has 8 rings (SSSR count). The van der Waals surface area contributed by atoms with Gasteiger partial charge in [0, 0.05) is 38.6 Å². The smallest absolute Gasteiger partial charge is 0.140 e. The summed E-state index contributed by atoms with van der Waals surface area (Å²) < 4.78 is 13.5. The topological polar surface area (TPSA) is 58.9 Å². The van der Waals surface area contributed by atoms with Crippen LogP contribution in [-0.2, 0) is 11.8 Å². The van der Waals surface area contributed by atoms with Gasteiger partial charge in [0.05, 0.1) is 5.41 Å². The van der Waals surface area contributed by atoms with Crippen LogP contribution in [0.5, 0.6) is 34.5 Å². The maximum absolute atomic E-state index is 10.7. The molecule has 0 unspecified atom stereocenters. The molecule has 194 valence electrons. The molecule has 0 fully saturated rings. The number of rotatable bonds is 1. The van der Waals surface area contributed by atoms with E-state index >= 15 is 0 Å². The van der Waals surface area contributed by atoms with Crippen molar-refractivity contribution in [3.8, 4) is 34.5 Å². The summed E-state index contributed by atoms with van der Waals surface area (Å²) in [7, 11) is 0. The minimum Gasteiger partial charge on any atom is -0.508 e. The lowest BCUT2D eigenvalue weighted by Gasteiger charge is -2.45. The van der Waals surface area contributed by atoms with Crippen LogP contribution in [-0.4, -0.2) is 10.2 Å². The number of hydrogen-bond acceptors (Lipinski definition) is 4. The molecule has 1 spiro atoms. The number of hydrogen-bond donors (Lipinski definition) is 2. The van der Waals surface area contributed by atoms with Gasteiger partial charge >= 0.3 is 0 Å². The summed E-state index contributed by atoms with van der Waals surface area (Å²) in [5, 5.41) is 25.0. The third-order valence-electron chi connectivity index (χ3n) is 8.80. The molecule has 2 aliphatic heterocycles. The molecule has 40 heavy (non-hydrogen) atoms. The molecular formula is C36H26O4. The van der Waals surface area contributed by atoms with Gasteiger partial charge in [-0.05, 0) is 66.1 Å². The van der Waals surface area contributed by atoms with Crippen molar-refractivity contribution in [2.24, 2.45) is 0 Å². The van der Waals surface area contributed by atoms with Crippen molar-refractivity contribution in [3.63, 3.8) is 0 Å². The lowest BCUT2D eigenvalue weighted by molar-refractivity contribution is 0.404. The van der Waals surface area contributed by atoms with Crippen molar-refractivity contribution >= 4 is 21.5 Å². The van der Waals surface area contributed by atoms with Crippen LogP contribution in [0.2, 0.25) is 0 Å². The van der Waals surface area contributed by atoms with Crippen LogP contribution in [0, 0.1) is 6.92 Å². The van der Waals surface area contributed by atoms with Gasteiger partial charge in [-0.15, -0.1) is 0 Å². The van der Waals surface area contributed by atoms with Gasteiger partial charge in [0.25, 0.3) is 0 Å². The van der Waals surface area contributed by atoms with Crippen molar-refractivity contribution in [2.75, 3.05) is 0 Å². The lowest BCUT2D eigenvalue weighted by atomic mass is 9.61. The molecule has 0 saturated heterocycles. The van der Waals surface area contributed by atoms with E-state index in [1.807, 2.05) is 43.3 Å². The molecule has 0 aliphatic carbocycles. The van der Waals surface area contributed by atoms with E-state index in [1.54, 1.807) is 12.1 Å². The molecule has 2 N–H and O–H groups in total. The molecule has 6 aromatic carbocycles. The molecule has 0 atom stereocenters. The van der Waals surface area contributed by atoms with E-state index < -0.39 is 5.41 Å². The standard InChI is InChI=1S/C36H26O4/c1-3-21-23-13-17-29-35(25(23)15-19-31(21)38)40-34-24-14-18-30(37)20(2)22(24)12-16-28(34)36(29)26-8-4-6-10-32(26)39-33-11-7-5-9-27(33)36/h4-19,37-38H,3H2,1-2H3. The van der Waals surface area contributed by atoms with E-state index in [2.05, 4.69) is 55.5 Å². The first-order valence-electron chi connectivity index (χ1n) is 13.6. The second-order valence-corrected chi connectivity index (χ2v) is 10.6. The predicted molar refractivity (Wildman–Crippen MR) is 157 cm³/mol. The van der Waals surface area contributed by atoms with E-state index in [0.717, 1.165) is 77.9 Å². The third-order valence-corrected chi connectivity index (χ3v) is 8.80. The van der Waals surface area contributed by atoms with Gasteiger partial charge in [-0.1, -0.05) is 67.6 Å². The summed E-state index contributed by atoms with van der Waals surface area (Å²) >= 11 is 0. The van der Waals surface area contributed by atoms with Crippen LogP contribution in [0.25, 0.3) is 21.5 Å². The minimum absolute atomic E-state index is 0.258. The fraction of sp³-hybridized carbons (Fsp3) is 0.111.